The third-order valence-corrected chi connectivity index (χ3v) is 2.52. The number of benzene rings is 1. The first-order chi connectivity index (χ1) is 8.04. The number of nitrogens with two attached hydrogens (primary N) is 1. The Balaban J connectivity index is 2.90. The SMILES string of the molecule is CCN=C(N)Nc1cccc(CN(C)C)c1C. The van der Waals surface area contributed by atoms with Crippen LogP contribution in [0.1, 0.15) is 18.1 Å². The van der Waals surface area contributed by atoms with E-state index in [2.05, 4.69) is 42.3 Å². The Bertz CT molecular complexity index is 396. The first-order valence-electron chi connectivity index (χ1n) is 5.84. The number of rotatable bonds is 4. The topological polar surface area (TPSA) is 53.6 Å². The number of nitrogens with one attached hydrogen (secondary N) is 1. The maximum absolute atomic E-state index is 5.76. The molecule has 1 aromatic rings. The van der Waals surface area contributed by atoms with Crippen molar-refractivity contribution in [2.75, 3.05) is 26.0 Å². The van der Waals surface area contributed by atoms with Crippen LogP contribution in [-0.4, -0.2) is 31.5 Å². The van der Waals surface area contributed by atoms with E-state index in [0.717, 1.165) is 12.2 Å². The van der Waals surface area contributed by atoms with E-state index in [4.69, 9.17) is 5.73 Å². The maximum atomic E-state index is 5.76. The summed E-state index contributed by atoms with van der Waals surface area (Å²) in [6.07, 6.45) is 0. The van der Waals surface area contributed by atoms with E-state index in [0.29, 0.717) is 12.5 Å². The van der Waals surface area contributed by atoms with Crippen molar-refractivity contribution in [3.8, 4) is 0 Å². The summed E-state index contributed by atoms with van der Waals surface area (Å²) in [6, 6.07) is 6.19. The van der Waals surface area contributed by atoms with Gasteiger partial charge >= 0.3 is 0 Å². The van der Waals surface area contributed by atoms with E-state index in [1.54, 1.807) is 0 Å². The van der Waals surface area contributed by atoms with Crippen LogP contribution < -0.4 is 11.1 Å². The van der Waals surface area contributed by atoms with E-state index >= 15 is 0 Å². The van der Waals surface area contributed by atoms with Crippen LogP contribution in [0, 0.1) is 6.92 Å². The highest BCUT2D eigenvalue weighted by atomic mass is 15.1. The van der Waals surface area contributed by atoms with Gasteiger partial charge in [0.15, 0.2) is 5.96 Å². The summed E-state index contributed by atoms with van der Waals surface area (Å²) in [6.45, 7) is 5.67. The molecule has 0 saturated carbocycles. The summed E-state index contributed by atoms with van der Waals surface area (Å²) in [5.74, 6) is 0.470. The van der Waals surface area contributed by atoms with Crippen LogP contribution in [0.3, 0.4) is 0 Å². The minimum absolute atomic E-state index is 0.470. The molecule has 0 bridgehead atoms. The monoisotopic (exact) mass is 234 g/mol. The predicted octanol–water partition coefficient (Wildman–Crippen LogP) is 1.80. The van der Waals surface area contributed by atoms with E-state index in [-0.39, 0.29) is 0 Å². The van der Waals surface area contributed by atoms with E-state index in [1.165, 1.54) is 11.1 Å². The molecule has 0 aliphatic carbocycles. The first kappa shape index (κ1) is 13.5. The van der Waals surface area contributed by atoms with Crippen molar-refractivity contribution in [3.05, 3.63) is 29.3 Å². The van der Waals surface area contributed by atoms with Gasteiger partial charge in [0.05, 0.1) is 0 Å². The molecule has 0 atom stereocenters. The Morgan fingerprint density at radius 1 is 1.41 bits per heavy atom. The standard InChI is InChI=1S/C13H22N4/c1-5-15-13(14)16-12-8-6-7-11(10(12)2)9-17(3)4/h6-8H,5,9H2,1-4H3,(H3,14,15,16). The van der Waals surface area contributed by atoms with Gasteiger partial charge in [0.25, 0.3) is 0 Å². The van der Waals surface area contributed by atoms with Gasteiger partial charge < -0.3 is 16.0 Å². The van der Waals surface area contributed by atoms with E-state index in [1.807, 2.05) is 19.1 Å². The van der Waals surface area contributed by atoms with Crippen molar-refractivity contribution < 1.29 is 0 Å². The number of anilines is 1. The second-order valence-electron chi connectivity index (χ2n) is 4.31. The zero-order valence-corrected chi connectivity index (χ0v) is 11.1. The number of hydrogen-bond donors (Lipinski definition) is 2. The van der Waals surface area contributed by atoms with Gasteiger partial charge in [0.2, 0.25) is 0 Å². The highest BCUT2D eigenvalue weighted by Crippen LogP contribution is 2.19. The molecule has 0 aromatic heterocycles. The van der Waals surface area contributed by atoms with Gasteiger partial charge in [-0.1, -0.05) is 12.1 Å². The van der Waals surface area contributed by atoms with Crippen LogP contribution in [0.4, 0.5) is 5.69 Å². The van der Waals surface area contributed by atoms with Gasteiger partial charge in [-0.05, 0) is 45.1 Å². The molecule has 0 spiro atoms. The lowest BCUT2D eigenvalue weighted by atomic mass is 10.1. The van der Waals surface area contributed by atoms with Crippen molar-refractivity contribution >= 4 is 11.6 Å². The quantitative estimate of drug-likeness (QED) is 0.617. The molecule has 1 aromatic carbocycles. The minimum Gasteiger partial charge on any atom is -0.370 e. The molecular weight excluding hydrogens is 212 g/mol. The van der Waals surface area contributed by atoms with Crippen molar-refractivity contribution in [1.82, 2.24) is 4.90 Å². The van der Waals surface area contributed by atoms with Crippen LogP contribution in [0.2, 0.25) is 0 Å². The molecule has 0 saturated heterocycles. The fourth-order valence-electron chi connectivity index (χ4n) is 1.68. The molecule has 4 heteroatoms. The Kier molecular flexibility index (Phi) is 4.97. The van der Waals surface area contributed by atoms with Gasteiger partial charge in [-0.3, -0.25) is 4.99 Å². The summed E-state index contributed by atoms with van der Waals surface area (Å²) < 4.78 is 0. The number of hydrogen-bond acceptors (Lipinski definition) is 2. The number of guanidine groups is 1. The Hall–Kier alpha value is -1.55. The van der Waals surface area contributed by atoms with Crippen LogP contribution >= 0.6 is 0 Å². The molecule has 0 amide bonds. The number of nitrogens with zero attached hydrogens (tertiary/aromatic N) is 2. The van der Waals surface area contributed by atoms with E-state index < -0.39 is 0 Å². The van der Waals surface area contributed by atoms with Crippen LogP contribution in [0.15, 0.2) is 23.2 Å². The third kappa shape index (κ3) is 4.07. The fraction of sp³-hybridized carbons (Fsp3) is 0.462. The normalized spacial score (nSPS) is 11.9. The summed E-state index contributed by atoms with van der Waals surface area (Å²) in [5.41, 5.74) is 9.31. The molecule has 0 aliphatic heterocycles. The van der Waals surface area contributed by atoms with Crippen molar-refractivity contribution in [2.45, 2.75) is 20.4 Å². The van der Waals surface area contributed by atoms with E-state index in [9.17, 15) is 0 Å². The summed E-state index contributed by atoms with van der Waals surface area (Å²) in [4.78, 5) is 6.27. The molecule has 17 heavy (non-hydrogen) atoms. The smallest absolute Gasteiger partial charge is 0.193 e. The van der Waals surface area contributed by atoms with Gasteiger partial charge in [-0.25, -0.2) is 0 Å². The van der Waals surface area contributed by atoms with Crippen LogP contribution in [0.5, 0.6) is 0 Å². The molecule has 4 nitrogen and oxygen atoms in total. The Labute approximate surface area is 104 Å². The highest BCUT2D eigenvalue weighted by molar-refractivity contribution is 5.93. The lowest BCUT2D eigenvalue weighted by Crippen LogP contribution is -2.23. The van der Waals surface area contributed by atoms with Gasteiger partial charge in [0, 0.05) is 18.8 Å². The largest absolute Gasteiger partial charge is 0.370 e. The summed E-state index contributed by atoms with van der Waals surface area (Å²) in [5, 5.41) is 3.13. The molecule has 0 fully saturated rings. The molecule has 1 rings (SSSR count). The zero-order chi connectivity index (χ0) is 12.8. The van der Waals surface area contributed by atoms with Crippen LogP contribution in [0.25, 0.3) is 0 Å². The molecule has 94 valence electrons. The van der Waals surface area contributed by atoms with Crippen molar-refractivity contribution in [3.63, 3.8) is 0 Å². The average molecular weight is 234 g/mol. The Morgan fingerprint density at radius 2 is 2.12 bits per heavy atom. The lowest BCUT2D eigenvalue weighted by molar-refractivity contribution is 0.401. The van der Waals surface area contributed by atoms with Gasteiger partial charge in [-0.2, -0.15) is 0 Å². The Morgan fingerprint density at radius 3 is 2.71 bits per heavy atom. The summed E-state index contributed by atoms with van der Waals surface area (Å²) in [7, 11) is 4.12. The summed E-state index contributed by atoms with van der Waals surface area (Å²) >= 11 is 0. The van der Waals surface area contributed by atoms with Gasteiger partial charge in [-0.15, -0.1) is 0 Å². The second-order valence-corrected chi connectivity index (χ2v) is 4.31. The highest BCUT2D eigenvalue weighted by Gasteiger charge is 2.05. The molecule has 0 heterocycles. The maximum Gasteiger partial charge on any atom is 0.193 e. The predicted molar refractivity (Wildman–Crippen MR) is 74.4 cm³/mol. The molecule has 3 N–H and O–H groups in total. The zero-order valence-electron chi connectivity index (χ0n) is 11.1. The molecular formula is C13H22N4. The average Bonchev–Trinajstić information content (AvgIpc) is 2.23. The fourth-order valence-corrected chi connectivity index (χ4v) is 1.68. The molecule has 0 unspecified atom stereocenters. The molecule has 0 aliphatic rings. The van der Waals surface area contributed by atoms with Gasteiger partial charge in [0.1, 0.15) is 0 Å². The molecule has 0 radical (unpaired) electrons. The minimum atomic E-state index is 0.470. The number of aliphatic imine (C=N–C) groups is 1. The lowest BCUT2D eigenvalue weighted by Gasteiger charge is -2.15. The van der Waals surface area contributed by atoms with Crippen molar-refractivity contribution in [2.24, 2.45) is 10.7 Å². The first-order valence-corrected chi connectivity index (χ1v) is 5.84. The second kappa shape index (κ2) is 6.25. The third-order valence-electron chi connectivity index (χ3n) is 2.52. The van der Waals surface area contributed by atoms with Crippen LogP contribution in [-0.2, 0) is 6.54 Å². The van der Waals surface area contributed by atoms with Crippen molar-refractivity contribution in [1.29, 1.82) is 0 Å².